The van der Waals surface area contributed by atoms with Crippen molar-refractivity contribution in [2.75, 3.05) is 0 Å². The number of hydrogen-bond donors (Lipinski definition) is 0. The first-order valence-electron chi connectivity index (χ1n) is 10.9. The summed E-state index contributed by atoms with van der Waals surface area (Å²) in [5.74, 6) is -4.35. The summed E-state index contributed by atoms with van der Waals surface area (Å²) in [7, 11) is 0. The number of fused-ring (bicyclic) bond motifs is 2. The highest BCUT2D eigenvalue weighted by molar-refractivity contribution is 5.88. The molecule has 1 unspecified atom stereocenters. The average molecular weight is 504 g/mol. The second kappa shape index (κ2) is 10.6. The molecule has 0 N–H and O–H groups in total. The van der Waals surface area contributed by atoms with E-state index in [-0.39, 0.29) is 24.3 Å². The maximum Gasteiger partial charge on any atom is 0.351 e. The van der Waals surface area contributed by atoms with Gasteiger partial charge in [0, 0.05) is 46.6 Å². The third kappa shape index (κ3) is 6.26. The molecule has 1 aliphatic heterocycles. The van der Waals surface area contributed by atoms with Crippen LogP contribution in [0.3, 0.4) is 0 Å². The van der Waals surface area contributed by atoms with Crippen molar-refractivity contribution >= 4 is 41.9 Å². The van der Waals surface area contributed by atoms with Crippen LogP contribution in [0.4, 0.5) is 0 Å². The molecule has 0 aromatic heterocycles. The van der Waals surface area contributed by atoms with Crippen LogP contribution in [0.15, 0.2) is 24.3 Å². The van der Waals surface area contributed by atoms with Crippen LogP contribution in [-0.2, 0) is 47.7 Å². The van der Waals surface area contributed by atoms with Gasteiger partial charge in [-0.05, 0) is 23.8 Å². The summed E-state index contributed by atoms with van der Waals surface area (Å²) in [6.07, 6.45) is -1.09. The fourth-order valence-electron chi connectivity index (χ4n) is 4.03. The zero-order valence-corrected chi connectivity index (χ0v) is 19.9. The average Bonchev–Trinajstić information content (AvgIpc) is 3.00. The summed E-state index contributed by atoms with van der Waals surface area (Å²) in [6.45, 7) is 4.65. The maximum absolute atomic E-state index is 12.6. The Morgan fingerprint density at radius 3 is 2.17 bits per heavy atom. The third-order valence-electron chi connectivity index (χ3n) is 5.22. The molecule has 0 amide bonds. The first-order chi connectivity index (χ1) is 16.9. The molecular formula is C24H24O12. The molecule has 2 fully saturated rings. The van der Waals surface area contributed by atoms with Gasteiger partial charge in [-0.25, -0.2) is 9.59 Å². The number of benzene rings is 1. The van der Waals surface area contributed by atoms with Crippen LogP contribution >= 0.6 is 0 Å². The van der Waals surface area contributed by atoms with Gasteiger partial charge in [0.05, 0.1) is 0 Å². The van der Waals surface area contributed by atoms with Crippen LogP contribution in [0.5, 0.6) is 11.5 Å². The van der Waals surface area contributed by atoms with Crippen LogP contribution in [0, 0.1) is 0 Å². The summed E-state index contributed by atoms with van der Waals surface area (Å²) in [6, 6.07) is 4.25. The molecule has 1 saturated heterocycles. The van der Waals surface area contributed by atoms with Gasteiger partial charge in [-0.15, -0.1) is 0 Å². The van der Waals surface area contributed by atoms with Gasteiger partial charge in [0.15, 0.2) is 17.6 Å². The Kier molecular flexibility index (Phi) is 7.76. The maximum atomic E-state index is 12.6. The molecule has 1 aliphatic carbocycles. The molecule has 1 heterocycles. The number of carbonyl (C=O) groups is 6. The van der Waals surface area contributed by atoms with Crippen molar-refractivity contribution in [3.05, 3.63) is 29.8 Å². The minimum absolute atomic E-state index is 0.0137. The predicted molar refractivity (Wildman–Crippen MR) is 117 cm³/mol. The van der Waals surface area contributed by atoms with Crippen LogP contribution in [-0.4, -0.2) is 59.7 Å². The van der Waals surface area contributed by atoms with Crippen LogP contribution in [0.1, 0.15) is 46.1 Å². The van der Waals surface area contributed by atoms with E-state index in [4.69, 9.17) is 28.4 Å². The summed E-state index contributed by atoms with van der Waals surface area (Å²) in [5, 5.41) is 0. The molecule has 192 valence electrons. The molecule has 1 aromatic rings. The van der Waals surface area contributed by atoms with E-state index in [0.29, 0.717) is 5.56 Å². The molecular weight excluding hydrogens is 480 g/mol. The van der Waals surface area contributed by atoms with Gasteiger partial charge in [-0.3, -0.25) is 19.2 Å². The van der Waals surface area contributed by atoms with Crippen molar-refractivity contribution in [2.45, 2.75) is 64.4 Å². The zero-order chi connectivity index (χ0) is 26.6. The molecule has 1 saturated carbocycles. The third-order valence-corrected chi connectivity index (χ3v) is 5.22. The highest BCUT2D eigenvalue weighted by atomic mass is 16.7. The quantitative estimate of drug-likeness (QED) is 0.228. The number of carbonyl (C=O) groups excluding carboxylic acids is 6. The highest BCUT2D eigenvalue weighted by Gasteiger charge is 2.63. The summed E-state index contributed by atoms with van der Waals surface area (Å²) in [5.41, 5.74) is -1.25. The molecule has 4 atom stereocenters. The molecule has 0 radical (unpaired) electrons. The van der Waals surface area contributed by atoms with Gasteiger partial charge >= 0.3 is 35.8 Å². The van der Waals surface area contributed by atoms with Gasteiger partial charge in [0.2, 0.25) is 5.60 Å². The summed E-state index contributed by atoms with van der Waals surface area (Å²) < 4.78 is 31.2. The van der Waals surface area contributed by atoms with Crippen LogP contribution in [0.2, 0.25) is 0 Å². The second-order valence-electron chi connectivity index (χ2n) is 8.22. The lowest BCUT2D eigenvalue weighted by Gasteiger charge is -2.36. The monoisotopic (exact) mass is 504 g/mol. The highest BCUT2D eigenvalue weighted by Crippen LogP contribution is 2.43. The molecule has 2 bridgehead atoms. The number of esters is 6. The SMILES string of the molecule is CC(=O)Oc1ccc(/C=C/C(=O)O[C@@H]2C[C@@]3(OC(C)=O)CC(OC3=O)[C@@H]2OC(C)=O)cc1OC(C)=O. The first kappa shape index (κ1) is 26.4. The lowest BCUT2D eigenvalue weighted by Crippen LogP contribution is -2.53. The fourth-order valence-corrected chi connectivity index (χ4v) is 4.03. The van der Waals surface area contributed by atoms with Gasteiger partial charge in [0.1, 0.15) is 12.2 Å². The van der Waals surface area contributed by atoms with Gasteiger partial charge in [-0.2, -0.15) is 0 Å². The Labute approximate surface area is 205 Å². The first-order valence-corrected chi connectivity index (χ1v) is 10.9. The van der Waals surface area contributed by atoms with Gasteiger partial charge in [-0.1, -0.05) is 6.07 Å². The van der Waals surface area contributed by atoms with E-state index in [9.17, 15) is 28.8 Å². The van der Waals surface area contributed by atoms with Crippen molar-refractivity contribution in [3.63, 3.8) is 0 Å². The fraction of sp³-hybridized carbons (Fsp3) is 0.417. The molecule has 36 heavy (non-hydrogen) atoms. The minimum Gasteiger partial charge on any atom is -0.455 e. The van der Waals surface area contributed by atoms with Gasteiger partial charge in [0.25, 0.3) is 0 Å². The number of hydrogen-bond acceptors (Lipinski definition) is 12. The molecule has 12 heteroatoms. The van der Waals surface area contributed by atoms with E-state index < -0.39 is 59.7 Å². The van der Waals surface area contributed by atoms with Crippen LogP contribution < -0.4 is 9.47 Å². The summed E-state index contributed by atoms with van der Waals surface area (Å²) in [4.78, 5) is 70.8. The second-order valence-corrected chi connectivity index (χ2v) is 8.22. The summed E-state index contributed by atoms with van der Waals surface area (Å²) >= 11 is 0. The molecule has 1 aromatic carbocycles. The van der Waals surface area contributed by atoms with E-state index in [2.05, 4.69) is 0 Å². The molecule has 2 aliphatic rings. The zero-order valence-electron chi connectivity index (χ0n) is 19.9. The van der Waals surface area contributed by atoms with Crippen molar-refractivity contribution in [2.24, 2.45) is 0 Å². The Hall–Kier alpha value is -4.22. The lowest BCUT2D eigenvalue weighted by atomic mass is 9.81. The topological polar surface area (TPSA) is 158 Å². The van der Waals surface area contributed by atoms with Crippen molar-refractivity contribution < 1.29 is 57.2 Å². The van der Waals surface area contributed by atoms with Crippen molar-refractivity contribution in [1.29, 1.82) is 0 Å². The van der Waals surface area contributed by atoms with Crippen molar-refractivity contribution in [3.8, 4) is 11.5 Å². The molecule has 12 nitrogen and oxygen atoms in total. The largest absolute Gasteiger partial charge is 0.455 e. The molecule has 3 rings (SSSR count). The molecule has 0 spiro atoms. The Bertz CT molecular complexity index is 1140. The van der Waals surface area contributed by atoms with E-state index >= 15 is 0 Å². The van der Waals surface area contributed by atoms with Crippen molar-refractivity contribution in [1.82, 2.24) is 0 Å². The Balaban J connectivity index is 1.79. The lowest BCUT2D eigenvalue weighted by molar-refractivity contribution is -0.186. The smallest absolute Gasteiger partial charge is 0.351 e. The Morgan fingerprint density at radius 1 is 0.889 bits per heavy atom. The number of rotatable bonds is 7. The van der Waals surface area contributed by atoms with E-state index in [1.54, 1.807) is 0 Å². The minimum atomic E-state index is -1.65. The van der Waals surface area contributed by atoms with E-state index in [0.717, 1.165) is 19.9 Å². The Morgan fingerprint density at radius 2 is 1.56 bits per heavy atom. The predicted octanol–water partition coefficient (Wildman–Crippen LogP) is 1.41. The van der Waals surface area contributed by atoms with E-state index in [1.807, 2.05) is 0 Å². The van der Waals surface area contributed by atoms with E-state index in [1.165, 1.54) is 38.1 Å². The standard InChI is InChI=1S/C24H24O12/c1-12(25)31-17-7-5-16(9-18(17)32-13(2)26)6-8-21(29)34-19-10-24(36-15(4)28)11-20(35-23(24)30)22(19)33-14(3)27/h5-9,19-20,22H,10-11H2,1-4H3/b8-6+/t19-,20?,22-,24-/m1/s1. The van der Waals surface area contributed by atoms with Gasteiger partial charge < -0.3 is 28.4 Å². The normalized spacial score (nSPS) is 24.4. The number of ether oxygens (including phenoxy) is 6. The van der Waals surface area contributed by atoms with Crippen LogP contribution in [0.25, 0.3) is 6.08 Å².